The highest BCUT2D eigenvalue weighted by atomic mass is 32.1. The van der Waals surface area contributed by atoms with Crippen LogP contribution in [0.5, 0.6) is 0 Å². The lowest BCUT2D eigenvalue weighted by Crippen LogP contribution is -1.93. The van der Waals surface area contributed by atoms with Crippen LogP contribution in [0.4, 0.5) is 0 Å². The van der Waals surface area contributed by atoms with Gasteiger partial charge in [0, 0.05) is 11.3 Å². The predicted octanol–water partition coefficient (Wildman–Crippen LogP) is 1.79. The molecule has 0 saturated heterocycles. The Bertz CT molecular complexity index is 333. The zero-order valence-electron chi connectivity index (χ0n) is 6.41. The Morgan fingerprint density at radius 2 is 2.33 bits per heavy atom. The predicted molar refractivity (Wildman–Crippen MR) is 48.3 cm³/mol. The van der Waals surface area contributed by atoms with E-state index in [4.69, 9.17) is 4.74 Å². The smallest absolute Gasteiger partial charge is 0.338 e. The quantitative estimate of drug-likeness (QED) is 0.526. The minimum atomic E-state index is -0.212. The van der Waals surface area contributed by atoms with Crippen LogP contribution in [-0.4, -0.2) is 5.97 Å². The number of cyclic esters (lactones) is 1. The van der Waals surface area contributed by atoms with Crippen LogP contribution in [0, 0.1) is 0 Å². The van der Waals surface area contributed by atoms with Crippen LogP contribution in [0.3, 0.4) is 0 Å². The van der Waals surface area contributed by atoms with Crippen molar-refractivity contribution in [3.63, 3.8) is 0 Å². The van der Waals surface area contributed by atoms with Crippen molar-refractivity contribution >= 4 is 18.6 Å². The van der Waals surface area contributed by atoms with Gasteiger partial charge >= 0.3 is 5.97 Å². The molecule has 0 saturated carbocycles. The second-order valence-electron chi connectivity index (χ2n) is 2.73. The molecule has 0 N–H and O–H groups in total. The first kappa shape index (κ1) is 7.68. The molecule has 12 heavy (non-hydrogen) atoms. The number of fused-ring (bicyclic) bond motifs is 1. The topological polar surface area (TPSA) is 26.3 Å². The monoisotopic (exact) mass is 180 g/mol. The molecule has 1 aliphatic rings. The van der Waals surface area contributed by atoms with Crippen molar-refractivity contribution in [2.45, 2.75) is 12.4 Å². The maximum Gasteiger partial charge on any atom is 0.338 e. The third kappa shape index (κ3) is 1.10. The van der Waals surface area contributed by atoms with Crippen molar-refractivity contribution in [2.75, 3.05) is 0 Å². The Hall–Kier alpha value is -0.960. The minimum absolute atomic E-state index is 0.212. The summed E-state index contributed by atoms with van der Waals surface area (Å²) in [5.74, 6) is 0.484. The summed E-state index contributed by atoms with van der Waals surface area (Å²) in [5.41, 5.74) is 2.79. The van der Waals surface area contributed by atoms with Gasteiger partial charge in [-0.15, -0.1) is 0 Å². The van der Waals surface area contributed by atoms with Crippen LogP contribution in [0.1, 0.15) is 21.5 Å². The van der Waals surface area contributed by atoms with Gasteiger partial charge in [-0.25, -0.2) is 4.79 Å². The van der Waals surface area contributed by atoms with E-state index in [1.807, 2.05) is 12.1 Å². The van der Waals surface area contributed by atoms with Gasteiger partial charge in [0.1, 0.15) is 6.61 Å². The largest absolute Gasteiger partial charge is 0.457 e. The maximum absolute atomic E-state index is 11.0. The van der Waals surface area contributed by atoms with E-state index in [0.29, 0.717) is 17.9 Å². The van der Waals surface area contributed by atoms with E-state index in [9.17, 15) is 4.79 Å². The molecular formula is C9H8O2S. The van der Waals surface area contributed by atoms with Gasteiger partial charge in [0.25, 0.3) is 0 Å². The van der Waals surface area contributed by atoms with Gasteiger partial charge in [-0.3, -0.25) is 0 Å². The molecule has 0 radical (unpaired) electrons. The van der Waals surface area contributed by atoms with Crippen molar-refractivity contribution < 1.29 is 9.53 Å². The molecule has 0 bridgehead atoms. The molecule has 0 unspecified atom stereocenters. The fourth-order valence-electron chi connectivity index (χ4n) is 1.29. The van der Waals surface area contributed by atoms with Crippen LogP contribution in [-0.2, 0) is 17.1 Å². The van der Waals surface area contributed by atoms with Crippen molar-refractivity contribution in [3.8, 4) is 0 Å². The number of ether oxygens (including phenoxy) is 1. The number of hydrogen-bond donors (Lipinski definition) is 1. The van der Waals surface area contributed by atoms with Gasteiger partial charge in [0.15, 0.2) is 0 Å². The normalized spacial score (nSPS) is 14.2. The zero-order chi connectivity index (χ0) is 8.55. The van der Waals surface area contributed by atoms with Crippen molar-refractivity contribution in [2.24, 2.45) is 0 Å². The molecule has 0 amide bonds. The van der Waals surface area contributed by atoms with Gasteiger partial charge in [-0.2, -0.15) is 12.6 Å². The SMILES string of the molecule is O=C1OCc2cc(CS)ccc21. The molecule has 0 spiro atoms. The number of rotatable bonds is 1. The maximum atomic E-state index is 11.0. The molecule has 1 aliphatic heterocycles. The third-order valence-corrected chi connectivity index (χ3v) is 2.30. The van der Waals surface area contributed by atoms with Gasteiger partial charge in [0.2, 0.25) is 0 Å². The summed E-state index contributed by atoms with van der Waals surface area (Å²) in [6.07, 6.45) is 0. The van der Waals surface area contributed by atoms with E-state index in [-0.39, 0.29) is 5.97 Å². The summed E-state index contributed by atoms with van der Waals surface area (Å²) in [6, 6.07) is 5.67. The fourth-order valence-corrected chi connectivity index (χ4v) is 1.48. The minimum Gasteiger partial charge on any atom is -0.457 e. The highest BCUT2D eigenvalue weighted by Gasteiger charge is 2.20. The lowest BCUT2D eigenvalue weighted by Gasteiger charge is -1.97. The van der Waals surface area contributed by atoms with E-state index >= 15 is 0 Å². The summed E-state index contributed by atoms with van der Waals surface area (Å²) < 4.78 is 4.86. The summed E-state index contributed by atoms with van der Waals surface area (Å²) in [7, 11) is 0. The van der Waals surface area contributed by atoms with Crippen LogP contribution in [0.25, 0.3) is 0 Å². The average Bonchev–Trinajstić information content (AvgIpc) is 2.47. The Kier molecular flexibility index (Phi) is 1.81. The van der Waals surface area contributed by atoms with Crippen molar-refractivity contribution in [1.82, 2.24) is 0 Å². The molecular weight excluding hydrogens is 172 g/mol. The molecule has 0 fully saturated rings. The van der Waals surface area contributed by atoms with E-state index in [1.54, 1.807) is 6.07 Å². The van der Waals surface area contributed by atoms with Gasteiger partial charge in [0.05, 0.1) is 5.56 Å². The van der Waals surface area contributed by atoms with Crippen LogP contribution >= 0.6 is 12.6 Å². The number of hydrogen-bond acceptors (Lipinski definition) is 3. The molecule has 1 aromatic rings. The van der Waals surface area contributed by atoms with Crippen LogP contribution < -0.4 is 0 Å². The van der Waals surface area contributed by atoms with E-state index in [2.05, 4.69) is 12.6 Å². The summed E-state index contributed by atoms with van der Waals surface area (Å²) >= 11 is 4.15. The Morgan fingerprint density at radius 1 is 1.50 bits per heavy atom. The molecule has 0 aliphatic carbocycles. The van der Waals surface area contributed by atoms with Crippen LogP contribution in [0.15, 0.2) is 18.2 Å². The van der Waals surface area contributed by atoms with Crippen molar-refractivity contribution in [3.05, 3.63) is 34.9 Å². The fraction of sp³-hybridized carbons (Fsp3) is 0.222. The Balaban J connectivity index is 2.48. The van der Waals surface area contributed by atoms with E-state index < -0.39 is 0 Å². The first-order chi connectivity index (χ1) is 5.81. The van der Waals surface area contributed by atoms with Crippen molar-refractivity contribution in [1.29, 1.82) is 0 Å². The molecule has 62 valence electrons. The Labute approximate surface area is 76.0 Å². The molecule has 3 heteroatoms. The number of carbonyl (C=O) groups is 1. The number of carbonyl (C=O) groups excluding carboxylic acids is 1. The summed E-state index contributed by atoms with van der Waals surface area (Å²) in [5, 5.41) is 0. The van der Waals surface area contributed by atoms with Gasteiger partial charge in [-0.1, -0.05) is 12.1 Å². The average molecular weight is 180 g/mol. The summed E-state index contributed by atoms with van der Waals surface area (Å²) in [6.45, 7) is 0.412. The zero-order valence-corrected chi connectivity index (χ0v) is 7.30. The number of thiol groups is 1. The number of benzene rings is 1. The first-order valence-electron chi connectivity index (χ1n) is 3.71. The highest BCUT2D eigenvalue weighted by Crippen LogP contribution is 2.21. The molecule has 0 aromatic heterocycles. The number of esters is 1. The van der Waals surface area contributed by atoms with Crippen LogP contribution in [0.2, 0.25) is 0 Å². The lowest BCUT2D eigenvalue weighted by atomic mass is 10.1. The molecule has 0 atom stereocenters. The summed E-state index contributed by atoms with van der Waals surface area (Å²) in [4.78, 5) is 11.0. The Morgan fingerprint density at radius 3 is 3.08 bits per heavy atom. The lowest BCUT2D eigenvalue weighted by molar-refractivity contribution is 0.0535. The molecule has 1 heterocycles. The van der Waals surface area contributed by atoms with Gasteiger partial charge < -0.3 is 4.74 Å². The highest BCUT2D eigenvalue weighted by molar-refractivity contribution is 7.79. The second kappa shape index (κ2) is 2.83. The van der Waals surface area contributed by atoms with E-state index in [1.165, 1.54) is 0 Å². The second-order valence-corrected chi connectivity index (χ2v) is 3.04. The van der Waals surface area contributed by atoms with E-state index in [0.717, 1.165) is 11.1 Å². The molecule has 2 rings (SSSR count). The third-order valence-electron chi connectivity index (χ3n) is 1.93. The molecule has 1 aromatic carbocycles. The molecule has 2 nitrogen and oxygen atoms in total. The van der Waals surface area contributed by atoms with Gasteiger partial charge in [-0.05, 0) is 11.6 Å². The standard InChI is InChI=1S/C9H8O2S/c10-9-8-2-1-6(5-12)3-7(8)4-11-9/h1-3,12H,4-5H2. The first-order valence-corrected chi connectivity index (χ1v) is 4.34.